The van der Waals surface area contributed by atoms with E-state index < -0.39 is 6.23 Å². The molecule has 0 saturated carbocycles. The number of ether oxygens (including phenoxy) is 1. The Kier molecular flexibility index (Phi) is 3.71. The van der Waals surface area contributed by atoms with Crippen LogP contribution in [0.2, 0.25) is 0 Å². The molecule has 1 unspecified atom stereocenters. The number of hydrogen-bond donors (Lipinski definition) is 1. The van der Waals surface area contributed by atoms with Gasteiger partial charge in [0.25, 0.3) is 0 Å². The lowest BCUT2D eigenvalue weighted by atomic mass is 10.5. The summed E-state index contributed by atoms with van der Waals surface area (Å²) in [5, 5.41) is 0. The zero-order valence-electron chi connectivity index (χ0n) is 5.63. The van der Waals surface area contributed by atoms with Gasteiger partial charge in [-0.05, 0) is 6.08 Å². The number of esters is 1. The Morgan fingerprint density at radius 2 is 2.22 bits per heavy atom. The molecule has 0 aromatic rings. The lowest BCUT2D eigenvalue weighted by Crippen LogP contribution is -2.17. The van der Waals surface area contributed by atoms with Gasteiger partial charge in [0.1, 0.15) is 0 Å². The molecule has 0 bridgehead atoms. The summed E-state index contributed by atoms with van der Waals surface area (Å²) in [5.74, 6) is -0.354. The molecular formula is C6H11NO2. The van der Waals surface area contributed by atoms with Crippen molar-refractivity contribution >= 4 is 5.97 Å². The molecule has 0 saturated heterocycles. The van der Waals surface area contributed by atoms with Crippen LogP contribution in [-0.4, -0.2) is 12.2 Å². The maximum absolute atomic E-state index is 10.1. The molecule has 1 atom stereocenters. The van der Waals surface area contributed by atoms with Crippen molar-refractivity contribution in [3.8, 4) is 0 Å². The van der Waals surface area contributed by atoms with Gasteiger partial charge in [-0.15, -0.1) is 0 Å². The van der Waals surface area contributed by atoms with E-state index in [1.165, 1.54) is 12.2 Å². The first kappa shape index (κ1) is 8.17. The Morgan fingerprint density at radius 3 is 2.33 bits per heavy atom. The second kappa shape index (κ2) is 4.09. The minimum absolute atomic E-state index is 0.354. The average Bonchev–Trinajstić information content (AvgIpc) is 2.20. The number of carbonyl (C=O) groups is 1. The lowest BCUT2D eigenvalue weighted by Gasteiger charge is -1.95. The van der Waals surface area contributed by atoms with Crippen LogP contribution in [0.15, 0.2) is 12.2 Å². The summed E-state index contributed by atoms with van der Waals surface area (Å²) in [6.45, 7) is 4.00. The SMILES string of the molecule is CC.NC1C=CC(=O)O1. The Bertz CT molecular complexity index is 120. The molecule has 52 valence electrons. The van der Waals surface area contributed by atoms with Crippen LogP contribution in [0.3, 0.4) is 0 Å². The van der Waals surface area contributed by atoms with Crippen molar-refractivity contribution in [2.24, 2.45) is 5.73 Å². The van der Waals surface area contributed by atoms with Crippen molar-refractivity contribution in [3.63, 3.8) is 0 Å². The number of cyclic esters (lactones) is 1. The van der Waals surface area contributed by atoms with Crippen molar-refractivity contribution in [1.82, 2.24) is 0 Å². The molecule has 9 heavy (non-hydrogen) atoms. The highest BCUT2D eigenvalue weighted by atomic mass is 16.6. The van der Waals surface area contributed by atoms with Gasteiger partial charge >= 0.3 is 5.97 Å². The second-order valence-electron chi connectivity index (χ2n) is 1.26. The van der Waals surface area contributed by atoms with Crippen LogP contribution in [0, 0.1) is 0 Å². The van der Waals surface area contributed by atoms with E-state index in [1.54, 1.807) is 0 Å². The minimum atomic E-state index is -0.507. The molecule has 1 aliphatic rings. The molecule has 2 N–H and O–H groups in total. The highest BCUT2D eigenvalue weighted by Crippen LogP contribution is 1.96. The number of hydrogen-bond acceptors (Lipinski definition) is 3. The van der Waals surface area contributed by atoms with Crippen LogP contribution in [-0.2, 0) is 9.53 Å². The van der Waals surface area contributed by atoms with Crippen LogP contribution >= 0.6 is 0 Å². The highest BCUT2D eigenvalue weighted by Gasteiger charge is 2.09. The topological polar surface area (TPSA) is 52.3 Å². The van der Waals surface area contributed by atoms with Gasteiger partial charge in [0.05, 0.1) is 0 Å². The predicted molar refractivity (Wildman–Crippen MR) is 34.6 cm³/mol. The Morgan fingerprint density at radius 1 is 1.67 bits per heavy atom. The molecule has 1 heterocycles. The van der Waals surface area contributed by atoms with E-state index >= 15 is 0 Å². The first-order chi connectivity index (χ1) is 4.29. The zero-order valence-corrected chi connectivity index (χ0v) is 5.63. The van der Waals surface area contributed by atoms with E-state index in [-0.39, 0.29) is 5.97 Å². The van der Waals surface area contributed by atoms with E-state index in [1.807, 2.05) is 13.8 Å². The first-order valence-corrected chi connectivity index (χ1v) is 2.93. The van der Waals surface area contributed by atoms with Gasteiger partial charge in [-0.1, -0.05) is 13.8 Å². The smallest absolute Gasteiger partial charge is 0.332 e. The standard InChI is InChI=1S/C4H5NO2.C2H6/c5-3-1-2-4(6)7-3;1-2/h1-3H,5H2;1-2H3. The number of carbonyl (C=O) groups excluding carboxylic acids is 1. The first-order valence-electron chi connectivity index (χ1n) is 2.93. The Balaban J connectivity index is 0.000000291. The summed E-state index contributed by atoms with van der Waals surface area (Å²) in [7, 11) is 0. The van der Waals surface area contributed by atoms with Crippen molar-refractivity contribution < 1.29 is 9.53 Å². The fraction of sp³-hybridized carbons (Fsp3) is 0.500. The Hall–Kier alpha value is -0.830. The average molecular weight is 129 g/mol. The maximum atomic E-state index is 10.1. The van der Waals surface area contributed by atoms with Gasteiger partial charge in [0.2, 0.25) is 0 Å². The predicted octanol–water partition coefficient (Wildman–Crippen LogP) is 0.410. The fourth-order valence-corrected chi connectivity index (χ4v) is 0.386. The van der Waals surface area contributed by atoms with Gasteiger partial charge in [0.15, 0.2) is 6.23 Å². The van der Waals surface area contributed by atoms with E-state index in [0.29, 0.717) is 0 Å². The third-order valence-electron chi connectivity index (χ3n) is 0.674. The van der Waals surface area contributed by atoms with Crippen LogP contribution in [0.25, 0.3) is 0 Å². The molecule has 0 aromatic heterocycles. The molecule has 0 aliphatic carbocycles. The Labute approximate surface area is 54.5 Å². The highest BCUT2D eigenvalue weighted by molar-refractivity contribution is 5.84. The largest absolute Gasteiger partial charge is 0.440 e. The van der Waals surface area contributed by atoms with E-state index in [9.17, 15) is 4.79 Å². The van der Waals surface area contributed by atoms with Crippen LogP contribution in [0.4, 0.5) is 0 Å². The summed E-state index contributed by atoms with van der Waals surface area (Å²) in [4.78, 5) is 10.1. The molecule has 0 aromatic carbocycles. The maximum Gasteiger partial charge on any atom is 0.332 e. The molecule has 0 fully saturated rings. The quantitative estimate of drug-likeness (QED) is 0.482. The second-order valence-corrected chi connectivity index (χ2v) is 1.26. The van der Waals surface area contributed by atoms with E-state index in [2.05, 4.69) is 4.74 Å². The summed E-state index contributed by atoms with van der Waals surface area (Å²) in [6, 6.07) is 0. The lowest BCUT2D eigenvalue weighted by molar-refractivity contribution is -0.138. The molecule has 0 radical (unpaired) electrons. The van der Waals surface area contributed by atoms with Crippen LogP contribution in [0.5, 0.6) is 0 Å². The van der Waals surface area contributed by atoms with Crippen molar-refractivity contribution in [1.29, 1.82) is 0 Å². The van der Waals surface area contributed by atoms with Gasteiger partial charge in [0, 0.05) is 6.08 Å². The van der Waals surface area contributed by atoms with Gasteiger partial charge in [-0.2, -0.15) is 0 Å². The van der Waals surface area contributed by atoms with Gasteiger partial charge in [-0.25, -0.2) is 4.79 Å². The van der Waals surface area contributed by atoms with Crippen molar-refractivity contribution in [2.45, 2.75) is 20.1 Å². The van der Waals surface area contributed by atoms with Crippen LogP contribution in [0.1, 0.15) is 13.8 Å². The molecule has 1 aliphatic heterocycles. The molecule has 3 nitrogen and oxygen atoms in total. The van der Waals surface area contributed by atoms with Gasteiger partial charge in [-0.3, -0.25) is 5.73 Å². The summed E-state index contributed by atoms with van der Waals surface area (Å²) < 4.78 is 4.39. The zero-order chi connectivity index (χ0) is 7.28. The third-order valence-corrected chi connectivity index (χ3v) is 0.674. The number of nitrogens with two attached hydrogens (primary N) is 1. The molecular weight excluding hydrogens is 118 g/mol. The van der Waals surface area contributed by atoms with Crippen molar-refractivity contribution in [3.05, 3.63) is 12.2 Å². The van der Waals surface area contributed by atoms with Crippen molar-refractivity contribution in [2.75, 3.05) is 0 Å². The number of rotatable bonds is 0. The summed E-state index contributed by atoms with van der Waals surface area (Å²) >= 11 is 0. The molecule has 0 spiro atoms. The molecule has 1 rings (SSSR count). The normalized spacial score (nSPS) is 22.6. The minimum Gasteiger partial charge on any atom is -0.440 e. The van der Waals surface area contributed by atoms with Crippen LogP contribution < -0.4 is 5.73 Å². The fourth-order valence-electron chi connectivity index (χ4n) is 0.386. The summed E-state index contributed by atoms with van der Waals surface area (Å²) in [5.41, 5.74) is 5.10. The van der Waals surface area contributed by atoms with E-state index in [0.717, 1.165) is 0 Å². The molecule has 0 amide bonds. The monoisotopic (exact) mass is 129 g/mol. The summed E-state index contributed by atoms with van der Waals surface area (Å²) in [6.07, 6.45) is 2.31. The molecule has 3 heteroatoms. The van der Waals surface area contributed by atoms with E-state index in [4.69, 9.17) is 5.73 Å². The van der Waals surface area contributed by atoms with Gasteiger partial charge < -0.3 is 4.74 Å². The third kappa shape index (κ3) is 2.87.